The maximum atomic E-state index is 13.1. The molecule has 4 aromatic rings. The summed E-state index contributed by atoms with van der Waals surface area (Å²) in [6.07, 6.45) is 1.61. The number of benzene rings is 1. The van der Waals surface area contributed by atoms with E-state index in [1.807, 2.05) is 54.6 Å². The number of hydrogen-bond donors (Lipinski definition) is 0. The SMILES string of the molecule is CN(Cc1ccco1)C(=O)c1cc(-c2ccc(Cl)s2)nc2ccccc12. The average Bonchev–Trinajstić information content (AvgIpc) is 3.32. The predicted octanol–water partition coefficient (Wildman–Crippen LogP) is 5.48. The Hall–Kier alpha value is -2.63. The van der Waals surface area contributed by atoms with Gasteiger partial charge in [-0.3, -0.25) is 4.79 Å². The van der Waals surface area contributed by atoms with Crippen molar-refractivity contribution in [2.24, 2.45) is 0 Å². The van der Waals surface area contributed by atoms with Gasteiger partial charge >= 0.3 is 0 Å². The van der Waals surface area contributed by atoms with Gasteiger partial charge in [0.05, 0.1) is 38.8 Å². The Morgan fingerprint density at radius 1 is 1.19 bits per heavy atom. The Labute approximate surface area is 159 Å². The highest BCUT2D eigenvalue weighted by Gasteiger charge is 2.18. The second-order valence-electron chi connectivity index (χ2n) is 5.92. The zero-order valence-electron chi connectivity index (χ0n) is 14.0. The molecule has 3 heterocycles. The number of halogens is 1. The van der Waals surface area contributed by atoms with Gasteiger partial charge in [0.25, 0.3) is 5.91 Å². The van der Waals surface area contributed by atoms with Gasteiger partial charge in [0.2, 0.25) is 0 Å². The third-order valence-corrected chi connectivity index (χ3v) is 5.35. The number of carbonyl (C=O) groups excluding carboxylic acids is 1. The van der Waals surface area contributed by atoms with E-state index in [0.717, 1.165) is 27.2 Å². The summed E-state index contributed by atoms with van der Waals surface area (Å²) in [6, 6.07) is 16.9. The molecule has 1 aromatic carbocycles. The Bertz CT molecular complexity index is 1070. The van der Waals surface area contributed by atoms with Gasteiger partial charge in [-0.1, -0.05) is 29.8 Å². The van der Waals surface area contributed by atoms with Gasteiger partial charge in [-0.2, -0.15) is 0 Å². The standard InChI is InChI=1S/C20H15ClN2O2S/c1-23(12-13-5-4-10-25-13)20(24)15-11-17(18-8-9-19(21)26-18)22-16-7-3-2-6-14(15)16/h2-11H,12H2,1H3. The van der Waals surface area contributed by atoms with Crippen LogP contribution in [0.5, 0.6) is 0 Å². The van der Waals surface area contributed by atoms with E-state index in [1.165, 1.54) is 11.3 Å². The van der Waals surface area contributed by atoms with Crippen LogP contribution < -0.4 is 0 Å². The molecule has 26 heavy (non-hydrogen) atoms. The number of hydrogen-bond acceptors (Lipinski definition) is 4. The van der Waals surface area contributed by atoms with Crippen LogP contribution >= 0.6 is 22.9 Å². The Morgan fingerprint density at radius 2 is 2.04 bits per heavy atom. The highest BCUT2D eigenvalue weighted by molar-refractivity contribution is 7.19. The Kier molecular flexibility index (Phi) is 4.49. The number of carbonyl (C=O) groups is 1. The zero-order chi connectivity index (χ0) is 18.1. The number of fused-ring (bicyclic) bond motifs is 1. The molecule has 6 heteroatoms. The number of thiophene rings is 1. The molecular formula is C20H15ClN2O2S. The van der Waals surface area contributed by atoms with E-state index >= 15 is 0 Å². The highest BCUT2D eigenvalue weighted by atomic mass is 35.5. The van der Waals surface area contributed by atoms with Gasteiger partial charge in [0.1, 0.15) is 5.76 Å². The third-order valence-electron chi connectivity index (χ3n) is 4.09. The van der Waals surface area contributed by atoms with E-state index in [2.05, 4.69) is 0 Å². The molecule has 4 nitrogen and oxygen atoms in total. The van der Waals surface area contributed by atoms with E-state index in [0.29, 0.717) is 16.4 Å². The lowest BCUT2D eigenvalue weighted by molar-refractivity contribution is 0.0777. The van der Waals surface area contributed by atoms with Crippen molar-refractivity contribution in [1.82, 2.24) is 9.88 Å². The molecule has 0 bridgehead atoms. The fourth-order valence-electron chi connectivity index (χ4n) is 2.84. The number of pyridine rings is 1. The van der Waals surface area contributed by atoms with Crippen LogP contribution in [0.25, 0.3) is 21.5 Å². The van der Waals surface area contributed by atoms with Crippen molar-refractivity contribution in [3.63, 3.8) is 0 Å². The van der Waals surface area contributed by atoms with Crippen molar-refractivity contribution in [3.8, 4) is 10.6 Å². The number of amides is 1. The van der Waals surface area contributed by atoms with Crippen molar-refractivity contribution < 1.29 is 9.21 Å². The number of rotatable bonds is 4. The molecule has 0 atom stereocenters. The number of furan rings is 1. The smallest absolute Gasteiger partial charge is 0.254 e. The lowest BCUT2D eigenvalue weighted by atomic mass is 10.1. The molecule has 0 radical (unpaired) electrons. The van der Waals surface area contributed by atoms with Crippen LogP contribution in [0.4, 0.5) is 0 Å². The largest absolute Gasteiger partial charge is 0.467 e. The van der Waals surface area contributed by atoms with Crippen LogP contribution in [-0.4, -0.2) is 22.8 Å². The topological polar surface area (TPSA) is 46.3 Å². The fraction of sp³-hybridized carbons (Fsp3) is 0.100. The average molecular weight is 383 g/mol. The second-order valence-corrected chi connectivity index (χ2v) is 7.63. The monoisotopic (exact) mass is 382 g/mol. The van der Waals surface area contributed by atoms with Crippen LogP contribution in [-0.2, 0) is 6.54 Å². The molecule has 0 saturated carbocycles. The van der Waals surface area contributed by atoms with E-state index in [9.17, 15) is 4.79 Å². The summed E-state index contributed by atoms with van der Waals surface area (Å²) in [4.78, 5) is 20.4. The van der Waals surface area contributed by atoms with Crippen LogP contribution in [0.1, 0.15) is 16.1 Å². The maximum Gasteiger partial charge on any atom is 0.254 e. The van der Waals surface area contributed by atoms with Gasteiger partial charge in [0, 0.05) is 12.4 Å². The molecule has 0 N–H and O–H groups in total. The molecule has 0 unspecified atom stereocenters. The Morgan fingerprint density at radius 3 is 2.77 bits per heavy atom. The van der Waals surface area contributed by atoms with Gasteiger partial charge in [-0.15, -0.1) is 11.3 Å². The van der Waals surface area contributed by atoms with Gasteiger partial charge in [-0.25, -0.2) is 4.98 Å². The quantitative estimate of drug-likeness (QED) is 0.469. The van der Waals surface area contributed by atoms with Crippen LogP contribution in [0.2, 0.25) is 4.34 Å². The molecule has 1 amide bonds. The summed E-state index contributed by atoms with van der Waals surface area (Å²) in [5.41, 5.74) is 2.14. The fourth-order valence-corrected chi connectivity index (χ4v) is 3.85. The first-order valence-corrected chi connectivity index (χ1v) is 9.24. The summed E-state index contributed by atoms with van der Waals surface area (Å²) in [5, 5.41) is 0.829. The molecule has 3 aromatic heterocycles. The van der Waals surface area contributed by atoms with Crippen LogP contribution in [0.3, 0.4) is 0 Å². The molecule has 4 rings (SSSR count). The lowest BCUT2D eigenvalue weighted by Crippen LogP contribution is -2.26. The highest BCUT2D eigenvalue weighted by Crippen LogP contribution is 2.32. The molecule has 0 aliphatic carbocycles. The number of aromatic nitrogens is 1. The minimum atomic E-state index is -0.0797. The third kappa shape index (κ3) is 3.23. The van der Waals surface area contributed by atoms with Crippen LogP contribution in [0.15, 0.2) is 65.3 Å². The summed E-state index contributed by atoms with van der Waals surface area (Å²) in [7, 11) is 1.77. The number of nitrogens with zero attached hydrogens (tertiary/aromatic N) is 2. The van der Waals surface area contributed by atoms with Gasteiger partial charge in [-0.05, 0) is 36.4 Å². The van der Waals surface area contributed by atoms with Gasteiger partial charge in [0.15, 0.2) is 0 Å². The lowest BCUT2D eigenvalue weighted by Gasteiger charge is -2.17. The zero-order valence-corrected chi connectivity index (χ0v) is 15.6. The number of para-hydroxylation sites is 1. The van der Waals surface area contributed by atoms with Crippen molar-refractivity contribution in [2.45, 2.75) is 6.54 Å². The van der Waals surface area contributed by atoms with Crippen molar-refractivity contribution in [2.75, 3.05) is 7.05 Å². The molecule has 0 aliphatic heterocycles. The first-order chi connectivity index (χ1) is 12.6. The second kappa shape index (κ2) is 6.94. The minimum absolute atomic E-state index is 0.0797. The summed E-state index contributed by atoms with van der Waals surface area (Å²) in [6.45, 7) is 0.405. The summed E-state index contributed by atoms with van der Waals surface area (Å²) in [5.74, 6) is 0.661. The van der Waals surface area contributed by atoms with E-state index < -0.39 is 0 Å². The van der Waals surface area contributed by atoms with E-state index in [4.69, 9.17) is 21.0 Å². The first kappa shape index (κ1) is 16.8. The van der Waals surface area contributed by atoms with Crippen molar-refractivity contribution >= 4 is 39.7 Å². The van der Waals surface area contributed by atoms with Crippen LogP contribution in [0, 0.1) is 0 Å². The van der Waals surface area contributed by atoms with Crippen molar-refractivity contribution in [3.05, 3.63) is 76.5 Å². The molecule has 130 valence electrons. The molecular weight excluding hydrogens is 368 g/mol. The molecule has 0 saturated heterocycles. The molecule has 0 spiro atoms. The molecule has 0 fully saturated rings. The summed E-state index contributed by atoms with van der Waals surface area (Å²) < 4.78 is 6.05. The Balaban J connectivity index is 1.78. The maximum absolute atomic E-state index is 13.1. The van der Waals surface area contributed by atoms with Gasteiger partial charge < -0.3 is 9.32 Å². The normalized spacial score (nSPS) is 11.0. The molecule has 0 aliphatic rings. The van der Waals surface area contributed by atoms with E-state index in [1.54, 1.807) is 18.2 Å². The summed E-state index contributed by atoms with van der Waals surface area (Å²) >= 11 is 7.51. The minimum Gasteiger partial charge on any atom is -0.467 e. The van der Waals surface area contributed by atoms with Crippen molar-refractivity contribution in [1.29, 1.82) is 0 Å². The van der Waals surface area contributed by atoms with E-state index in [-0.39, 0.29) is 5.91 Å². The predicted molar refractivity (Wildman–Crippen MR) is 105 cm³/mol. The first-order valence-electron chi connectivity index (χ1n) is 8.05.